The number of rotatable bonds is 4. The van der Waals surface area contributed by atoms with Gasteiger partial charge in [0.25, 0.3) is 0 Å². The fraction of sp³-hybridized carbons (Fsp3) is 0.250. The number of fused-ring (bicyclic) bond motifs is 1. The van der Waals surface area contributed by atoms with Gasteiger partial charge in [-0.25, -0.2) is 19.9 Å². The maximum atomic E-state index is 13.5. The molecule has 0 fully saturated rings. The van der Waals surface area contributed by atoms with Gasteiger partial charge < -0.3 is 11.1 Å². The fourth-order valence-electron chi connectivity index (χ4n) is 2.70. The van der Waals surface area contributed by atoms with Crippen LogP contribution in [0.4, 0.5) is 19.0 Å². The van der Waals surface area contributed by atoms with Crippen LogP contribution < -0.4 is 11.1 Å². The van der Waals surface area contributed by atoms with E-state index < -0.39 is 11.7 Å². The molecule has 0 aliphatic rings. The summed E-state index contributed by atoms with van der Waals surface area (Å²) >= 11 is 0. The molecule has 0 aliphatic carbocycles. The summed E-state index contributed by atoms with van der Waals surface area (Å²) in [6, 6.07) is 8.52. The minimum absolute atomic E-state index is 0.111. The van der Waals surface area contributed by atoms with Crippen molar-refractivity contribution in [2.45, 2.75) is 26.4 Å². The summed E-state index contributed by atoms with van der Waals surface area (Å²) in [7, 11) is 0. The second kappa shape index (κ2) is 8.85. The molecule has 0 atom stereocenters. The van der Waals surface area contributed by atoms with Crippen molar-refractivity contribution in [3.8, 4) is 11.4 Å². The average molecular weight is 415 g/mol. The smallest absolute Gasteiger partial charge is 0.387 e. The van der Waals surface area contributed by atoms with Gasteiger partial charge in [0.1, 0.15) is 5.82 Å². The molecule has 0 aliphatic heterocycles. The number of aliphatic imine (C=N–C) groups is 2. The van der Waals surface area contributed by atoms with E-state index in [1.165, 1.54) is 24.4 Å². The van der Waals surface area contributed by atoms with Gasteiger partial charge >= 0.3 is 6.18 Å². The first-order valence-corrected chi connectivity index (χ1v) is 9.21. The molecule has 7 nitrogen and oxygen atoms in total. The Labute approximate surface area is 171 Å². The van der Waals surface area contributed by atoms with Crippen molar-refractivity contribution in [2.75, 3.05) is 11.9 Å². The molecule has 2 heterocycles. The van der Waals surface area contributed by atoms with Crippen LogP contribution in [0.3, 0.4) is 0 Å². The highest BCUT2D eigenvalue weighted by molar-refractivity contribution is 6.05. The average Bonchev–Trinajstić information content (AvgIpc) is 2.71. The van der Waals surface area contributed by atoms with Crippen molar-refractivity contribution < 1.29 is 13.2 Å². The predicted molar refractivity (Wildman–Crippen MR) is 111 cm³/mol. The standard InChI is InChI=1S/C20H20F3N7/c1-3-10-26-19(27-12(2)24)30-18-14-8-6-11-25-16(14)28-17(29-18)13-7-4-5-9-15(13)20(21,22)23/h4-9,11H,3,10H2,1-2H3,(H3,24,25,26,27,28,29,30). The number of alkyl halides is 3. The van der Waals surface area contributed by atoms with E-state index in [9.17, 15) is 13.2 Å². The molecule has 0 saturated heterocycles. The summed E-state index contributed by atoms with van der Waals surface area (Å²) in [5.74, 6) is 0.604. The molecule has 2 aromatic heterocycles. The lowest BCUT2D eigenvalue weighted by atomic mass is 10.1. The zero-order valence-electron chi connectivity index (χ0n) is 16.4. The molecule has 156 valence electrons. The Morgan fingerprint density at radius 3 is 2.60 bits per heavy atom. The van der Waals surface area contributed by atoms with Gasteiger partial charge in [-0.2, -0.15) is 13.2 Å². The van der Waals surface area contributed by atoms with Gasteiger partial charge in [-0.15, -0.1) is 0 Å². The highest BCUT2D eigenvalue weighted by Gasteiger charge is 2.34. The maximum absolute atomic E-state index is 13.5. The summed E-state index contributed by atoms with van der Waals surface area (Å²) in [6.07, 6.45) is -2.27. The largest absolute Gasteiger partial charge is 0.417 e. The van der Waals surface area contributed by atoms with E-state index in [0.29, 0.717) is 11.9 Å². The number of benzene rings is 1. The number of aromatic nitrogens is 3. The third-order valence-electron chi connectivity index (χ3n) is 3.94. The number of nitrogens with two attached hydrogens (primary N) is 1. The summed E-state index contributed by atoms with van der Waals surface area (Å²) in [4.78, 5) is 21.2. The molecular formula is C20H20F3N7. The second-order valence-corrected chi connectivity index (χ2v) is 6.40. The molecule has 0 amide bonds. The lowest BCUT2D eigenvalue weighted by Gasteiger charge is -2.14. The predicted octanol–water partition coefficient (Wildman–Crippen LogP) is 4.27. The van der Waals surface area contributed by atoms with Crippen molar-refractivity contribution in [3.63, 3.8) is 0 Å². The maximum Gasteiger partial charge on any atom is 0.417 e. The number of nitrogens with zero attached hydrogens (tertiary/aromatic N) is 5. The van der Waals surface area contributed by atoms with Gasteiger partial charge in [-0.3, -0.25) is 4.99 Å². The molecule has 0 radical (unpaired) electrons. The van der Waals surface area contributed by atoms with E-state index in [1.54, 1.807) is 19.1 Å². The number of halogens is 3. The zero-order chi connectivity index (χ0) is 21.7. The fourth-order valence-corrected chi connectivity index (χ4v) is 2.70. The molecule has 0 unspecified atom stereocenters. The van der Waals surface area contributed by atoms with E-state index in [-0.39, 0.29) is 34.6 Å². The number of pyridine rings is 1. The molecule has 3 N–H and O–H groups in total. The molecule has 1 aromatic carbocycles. The van der Waals surface area contributed by atoms with Crippen LogP contribution in [0.1, 0.15) is 25.8 Å². The number of nitrogens with one attached hydrogen (secondary N) is 1. The van der Waals surface area contributed by atoms with Gasteiger partial charge in [0.05, 0.1) is 16.8 Å². The van der Waals surface area contributed by atoms with Gasteiger partial charge in [0.15, 0.2) is 11.5 Å². The van der Waals surface area contributed by atoms with Crippen LogP contribution in [-0.2, 0) is 6.18 Å². The third kappa shape index (κ3) is 4.88. The first-order chi connectivity index (χ1) is 14.3. The van der Waals surface area contributed by atoms with Crippen molar-refractivity contribution >= 4 is 28.6 Å². The Hall–Kier alpha value is -3.56. The zero-order valence-corrected chi connectivity index (χ0v) is 16.4. The van der Waals surface area contributed by atoms with Crippen LogP contribution in [-0.4, -0.2) is 33.3 Å². The van der Waals surface area contributed by atoms with Crippen LogP contribution >= 0.6 is 0 Å². The molecule has 30 heavy (non-hydrogen) atoms. The number of anilines is 1. The number of amidine groups is 1. The normalized spacial score (nSPS) is 13.0. The SMILES string of the molecule is CCCN=C(/N=C(/C)N)Nc1nc(-c2ccccc2C(F)(F)F)nc2ncccc12. The van der Waals surface area contributed by atoms with Crippen molar-refractivity contribution in [2.24, 2.45) is 15.7 Å². The third-order valence-corrected chi connectivity index (χ3v) is 3.94. The first-order valence-electron chi connectivity index (χ1n) is 9.21. The molecule has 0 bridgehead atoms. The Morgan fingerprint density at radius 1 is 1.13 bits per heavy atom. The molecular weight excluding hydrogens is 395 g/mol. The van der Waals surface area contributed by atoms with Crippen molar-refractivity contribution in [3.05, 3.63) is 48.2 Å². The molecule has 10 heteroatoms. The van der Waals surface area contributed by atoms with E-state index in [1.807, 2.05) is 6.92 Å². The number of hydrogen-bond donors (Lipinski definition) is 2. The monoisotopic (exact) mass is 415 g/mol. The van der Waals surface area contributed by atoms with Gasteiger partial charge in [0.2, 0.25) is 5.96 Å². The van der Waals surface area contributed by atoms with E-state index in [0.717, 1.165) is 12.5 Å². The molecule has 3 rings (SSSR count). The number of guanidine groups is 1. The topological polar surface area (TPSA) is 101 Å². The molecule has 3 aromatic rings. The lowest BCUT2D eigenvalue weighted by Crippen LogP contribution is -2.18. The van der Waals surface area contributed by atoms with Gasteiger partial charge in [-0.1, -0.05) is 25.1 Å². The Kier molecular flexibility index (Phi) is 6.24. The highest BCUT2D eigenvalue weighted by Crippen LogP contribution is 2.36. The Balaban J connectivity index is 2.18. The van der Waals surface area contributed by atoms with E-state index in [4.69, 9.17) is 5.73 Å². The summed E-state index contributed by atoms with van der Waals surface area (Å²) in [5.41, 5.74) is 4.94. The van der Waals surface area contributed by atoms with Crippen molar-refractivity contribution in [1.29, 1.82) is 0 Å². The minimum atomic E-state index is -4.55. The highest BCUT2D eigenvalue weighted by atomic mass is 19.4. The summed E-state index contributed by atoms with van der Waals surface area (Å²) in [5, 5.41) is 3.48. The van der Waals surface area contributed by atoms with Crippen LogP contribution in [0.15, 0.2) is 52.6 Å². The van der Waals surface area contributed by atoms with Crippen molar-refractivity contribution in [1.82, 2.24) is 15.0 Å². The minimum Gasteiger partial charge on any atom is -0.387 e. The Bertz CT molecular complexity index is 1100. The molecule has 0 saturated carbocycles. The quantitative estimate of drug-likeness (QED) is 0.490. The van der Waals surface area contributed by atoms with Crippen LogP contribution in [0, 0.1) is 0 Å². The van der Waals surface area contributed by atoms with Crippen LogP contribution in [0.5, 0.6) is 0 Å². The lowest BCUT2D eigenvalue weighted by molar-refractivity contribution is -0.137. The second-order valence-electron chi connectivity index (χ2n) is 6.40. The summed E-state index contributed by atoms with van der Waals surface area (Å²) in [6.45, 7) is 4.05. The van der Waals surface area contributed by atoms with E-state index >= 15 is 0 Å². The Morgan fingerprint density at radius 2 is 1.90 bits per heavy atom. The van der Waals surface area contributed by atoms with Crippen LogP contribution in [0.2, 0.25) is 0 Å². The van der Waals surface area contributed by atoms with Gasteiger partial charge in [-0.05, 0) is 31.5 Å². The summed E-state index contributed by atoms with van der Waals surface area (Å²) < 4.78 is 40.5. The van der Waals surface area contributed by atoms with E-state index in [2.05, 4.69) is 30.3 Å². The number of hydrogen-bond acceptors (Lipinski definition) is 4. The first kappa shape index (κ1) is 21.2. The molecule has 0 spiro atoms. The van der Waals surface area contributed by atoms with Gasteiger partial charge in [0, 0.05) is 18.3 Å². The van der Waals surface area contributed by atoms with Crippen LogP contribution in [0.25, 0.3) is 22.4 Å².